The van der Waals surface area contributed by atoms with Gasteiger partial charge in [0.1, 0.15) is 0 Å². The minimum Gasteiger partial charge on any atom is -0.348 e. The van der Waals surface area contributed by atoms with Crippen molar-refractivity contribution in [3.8, 4) is 0 Å². The van der Waals surface area contributed by atoms with Crippen molar-refractivity contribution in [3.63, 3.8) is 0 Å². The Hall–Kier alpha value is 0.200. The molecule has 0 aromatic rings. The van der Waals surface area contributed by atoms with Crippen molar-refractivity contribution in [2.45, 2.75) is 33.1 Å². The molecule has 0 radical (unpaired) electrons. The average molecular weight is 269 g/mol. The summed E-state index contributed by atoms with van der Waals surface area (Å²) in [5.41, 5.74) is 0. The van der Waals surface area contributed by atoms with Gasteiger partial charge >= 0.3 is 0 Å². The van der Waals surface area contributed by atoms with Gasteiger partial charge in [0.2, 0.25) is 0 Å². The van der Waals surface area contributed by atoms with E-state index in [2.05, 4.69) is 19.2 Å². The summed E-state index contributed by atoms with van der Waals surface area (Å²) < 4.78 is 0.0483. The second-order valence-electron chi connectivity index (χ2n) is 3.09. The fourth-order valence-corrected chi connectivity index (χ4v) is 1.13. The Morgan fingerprint density at radius 1 is 1.45 bits per heavy atom. The van der Waals surface area contributed by atoms with Crippen molar-refractivity contribution in [1.82, 2.24) is 5.32 Å². The van der Waals surface area contributed by atoms with E-state index in [-0.39, 0.29) is 3.91 Å². The highest BCUT2D eigenvalue weighted by Gasteiger charge is 1.94. The van der Waals surface area contributed by atoms with Gasteiger partial charge in [-0.3, -0.25) is 4.79 Å². The van der Waals surface area contributed by atoms with Gasteiger partial charge in [-0.2, -0.15) is 0 Å². The van der Waals surface area contributed by atoms with Crippen LogP contribution in [0, 0.1) is 5.92 Å². The summed E-state index contributed by atoms with van der Waals surface area (Å²) >= 11 is 1.76. The summed E-state index contributed by atoms with van der Waals surface area (Å²) in [6.45, 7) is 5.27. The molecule has 2 nitrogen and oxygen atoms in total. The predicted molar refractivity (Wildman–Crippen MR) is 56.1 cm³/mol. The van der Waals surface area contributed by atoms with Gasteiger partial charge in [-0.25, -0.2) is 0 Å². The van der Waals surface area contributed by atoms with E-state index in [9.17, 15) is 4.79 Å². The lowest BCUT2D eigenvalue weighted by Gasteiger charge is -2.03. The number of rotatable bonds is 5. The third-order valence-corrected chi connectivity index (χ3v) is 1.85. The summed E-state index contributed by atoms with van der Waals surface area (Å²) in [7, 11) is 0. The molecule has 0 saturated heterocycles. The summed E-state index contributed by atoms with van der Waals surface area (Å²) in [5.74, 6) is 0.783. The number of unbranched alkanes of at least 4 members (excludes halogenated alkanes) is 1. The van der Waals surface area contributed by atoms with Gasteiger partial charge in [-0.15, -0.1) is 0 Å². The van der Waals surface area contributed by atoms with Crippen LogP contribution in [0.25, 0.3) is 0 Å². The largest absolute Gasteiger partial charge is 0.348 e. The molecule has 66 valence electrons. The van der Waals surface area contributed by atoms with E-state index in [1.165, 1.54) is 12.8 Å². The van der Waals surface area contributed by atoms with Crippen LogP contribution in [0.15, 0.2) is 0 Å². The fraction of sp³-hybridized carbons (Fsp3) is 0.875. The van der Waals surface area contributed by atoms with Crippen LogP contribution in [-0.2, 0) is 0 Å². The van der Waals surface area contributed by atoms with Gasteiger partial charge in [0, 0.05) is 29.1 Å². The molecule has 0 saturated carbocycles. The lowest BCUT2D eigenvalue weighted by Crippen LogP contribution is -2.16. The second-order valence-corrected chi connectivity index (χ2v) is 4.07. The zero-order chi connectivity index (χ0) is 8.69. The third kappa shape index (κ3) is 10.2. The van der Waals surface area contributed by atoms with Crippen LogP contribution >= 0.6 is 22.6 Å². The molecule has 0 aliphatic heterocycles. The normalized spacial score (nSPS) is 10.2. The minimum absolute atomic E-state index is 0.0483. The summed E-state index contributed by atoms with van der Waals surface area (Å²) in [5, 5.41) is 2.77. The number of amides is 1. The van der Waals surface area contributed by atoms with Crippen molar-refractivity contribution < 1.29 is 4.79 Å². The molecule has 0 bridgehead atoms. The van der Waals surface area contributed by atoms with E-state index < -0.39 is 0 Å². The van der Waals surface area contributed by atoms with E-state index in [1.807, 2.05) is 0 Å². The van der Waals surface area contributed by atoms with Gasteiger partial charge in [-0.05, 0) is 12.3 Å². The van der Waals surface area contributed by atoms with Gasteiger partial charge in [0.25, 0.3) is 3.91 Å². The molecule has 0 fully saturated rings. The second kappa shape index (κ2) is 6.88. The Kier molecular flexibility index (Phi) is 7.01. The molecule has 0 spiro atoms. The predicted octanol–water partition coefficient (Wildman–Crippen LogP) is 2.96. The van der Waals surface area contributed by atoms with Crippen LogP contribution in [0.1, 0.15) is 33.1 Å². The summed E-state index contributed by atoms with van der Waals surface area (Å²) in [6.07, 6.45) is 3.58. The lowest BCUT2D eigenvalue weighted by molar-refractivity contribution is 0.262. The van der Waals surface area contributed by atoms with Crippen LogP contribution in [0.3, 0.4) is 0 Å². The van der Waals surface area contributed by atoms with Crippen LogP contribution in [-0.4, -0.2) is 10.5 Å². The van der Waals surface area contributed by atoms with Gasteiger partial charge in [-0.1, -0.05) is 26.7 Å². The molecular formula is C8H16INO. The van der Waals surface area contributed by atoms with Gasteiger partial charge < -0.3 is 5.32 Å². The molecule has 0 heterocycles. The Morgan fingerprint density at radius 2 is 2.09 bits per heavy atom. The minimum atomic E-state index is 0.0483. The smallest absolute Gasteiger partial charge is 0.280 e. The maximum Gasteiger partial charge on any atom is 0.280 e. The van der Waals surface area contributed by atoms with E-state index in [0.717, 1.165) is 18.9 Å². The number of carbonyl (C=O) groups excluding carboxylic acids is 1. The molecule has 11 heavy (non-hydrogen) atoms. The zero-order valence-corrected chi connectivity index (χ0v) is 9.35. The van der Waals surface area contributed by atoms with E-state index >= 15 is 0 Å². The van der Waals surface area contributed by atoms with Crippen molar-refractivity contribution in [2.24, 2.45) is 5.92 Å². The SMILES string of the molecule is CC(C)CCCCNC(=O)I. The number of carbonyl (C=O) groups is 1. The first-order valence-corrected chi connectivity index (χ1v) is 5.14. The van der Waals surface area contributed by atoms with Crippen LogP contribution < -0.4 is 5.32 Å². The highest BCUT2D eigenvalue weighted by atomic mass is 127. The quantitative estimate of drug-likeness (QED) is 0.353. The van der Waals surface area contributed by atoms with Crippen molar-refractivity contribution in [3.05, 3.63) is 0 Å². The first kappa shape index (κ1) is 11.2. The van der Waals surface area contributed by atoms with Crippen LogP contribution in [0.2, 0.25) is 0 Å². The lowest BCUT2D eigenvalue weighted by atomic mass is 10.1. The first-order chi connectivity index (χ1) is 5.13. The molecule has 0 aliphatic carbocycles. The van der Waals surface area contributed by atoms with Crippen molar-refractivity contribution in [2.75, 3.05) is 6.54 Å². The first-order valence-electron chi connectivity index (χ1n) is 4.06. The molecule has 0 aromatic carbocycles. The molecule has 1 N–H and O–H groups in total. The average Bonchev–Trinajstić information content (AvgIpc) is 1.85. The van der Waals surface area contributed by atoms with E-state index in [1.54, 1.807) is 22.6 Å². The molecular weight excluding hydrogens is 253 g/mol. The molecule has 0 aliphatic rings. The number of hydrogen-bond donors (Lipinski definition) is 1. The van der Waals surface area contributed by atoms with E-state index in [4.69, 9.17) is 0 Å². The number of halogens is 1. The molecule has 0 atom stereocenters. The van der Waals surface area contributed by atoms with Crippen molar-refractivity contribution in [1.29, 1.82) is 0 Å². The molecule has 0 rings (SSSR count). The number of nitrogens with one attached hydrogen (secondary N) is 1. The highest BCUT2D eigenvalue weighted by molar-refractivity contribution is 14.1. The Labute approximate surface area is 82.3 Å². The van der Waals surface area contributed by atoms with Crippen LogP contribution in [0.4, 0.5) is 4.79 Å². The Balaban J connectivity index is 2.97. The fourth-order valence-electron chi connectivity index (χ4n) is 0.864. The zero-order valence-electron chi connectivity index (χ0n) is 7.19. The van der Waals surface area contributed by atoms with Crippen LogP contribution in [0.5, 0.6) is 0 Å². The number of hydrogen-bond acceptors (Lipinski definition) is 1. The monoisotopic (exact) mass is 269 g/mol. The van der Waals surface area contributed by atoms with Crippen molar-refractivity contribution >= 4 is 26.5 Å². The highest BCUT2D eigenvalue weighted by Crippen LogP contribution is 2.05. The standard InChI is InChI=1S/C8H16INO/c1-7(2)5-3-4-6-10-8(9)11/h7H,3-6H2,1-2H3,(H,10,11). The van der Waals surface area contributed by atoms with Gasteiger partial charge in [0.05, 0.1) is 0 Å². The van der Waals surface area contributed by atoms with E-state index in [0.29, 0.717) is 0 Å². The summed E-state index contributed by atoms with van der Waals surface area (Å²) in [6, 6.07) is 0. The maximum atomic E-state index is 10.4. The third-order valence-electron chi connectivity index (χ3n) is 1.47. The summed E-state index contributed by atoms with van der Waals surface area (Å²) in [4.78, 5) is 10.4. The van der Waals surface area contributed by atoms with Gasteiger partial charge in [0.15, 0.2) is 0 Å². The molecule has 3 heteroatoms. The topological polar surface area (TPSA) is 29.1 Å². The Bertz CT molecular complexity index is 115. The Morgan fingerprint density at radius 3 is 2.55 bits per heavy atom. The molecule has 1 amide bonds. The maximum absolute atomic E-state index is 10.4. The molecule has 0 aromatic heterocycles. The molecule has 0 unspecified atom stereocenters.